The van der Waals surface area contributed by atoms with E-state index in [0.29, 0.717) is 5.75 Å². The lowest BCUT2D eigenvalue weighted by molar-refractivity contribution is 0.462. The van der Waals surface area contributed by atoms with Gasteiger partial charge in [0.25, 0.3) is 0 Å². The van der Waals surface area contributed by atoms with E-state index in [1.807, 2.05) is 33.8 Å². The molecule has 1 aromatic carbocycles. The summed E-state index contributed by atoms with van der Waals surface area (Å²) in [4.78, 5) is 0. The van der Waals surface area contributed by atoms with Crippen LogP contribution in [-0.4, -0.2) is 10.6 Å². The molecule has 0 aromatic heterocycles. The molecule has 0 amide bonds. The molecule has 0 heterocycles. The molecule has 0 bridgehead atoms. The Hall–Kier alpha value is -0.540. The first-order valence-corrected chi connectivity index (χ1v) is 5.78. The monoisotopic (exact) mass is 271 g/mol. The van der Waals surface area contributed by atoms with Crippen LogP contribution >= 0.6 is 15.9 Å². The van der Waals surface area contributed by atoms with Gasteiger partial charge in [0.1, 0.15) is 5.75 Å². The van der Waals surface area contributed by atoms with Crippen molar-refractivity contribution in [2.75, 3.05) is 0 Å². The third-order valence-electron chi connectivity index (χ3n) is 2.45. The van der Waals surface area contributed by atoms with Crippen molar-refractivity contribution in [2.24, 2.45) is 5.73 Å². The van der Waals surface area contributed by atoms with Crippen LogP contribution in [0.1, 0.15) is 30.5 Å². The first kappa shape index (κ1) is 12.5. The van der Waals surface area contributed by atoms with Crippen LogP contribution < -0.4 is 5.73 Å². The van der Waals surface area contributed by atoms with Gasteiger partial charge in [0.2, 0.25) is 0 Å². The molecule has 15 heavy (non-hydrogen) atoms. The number of benzene rings is 1. The molecular formula is C12H18BrNO. The summed E-state index contributed by atoms with van der Waals surface area (Å²) in [7, 11) is 0. The summed E-state index contributed by atoms with van der Waals surface area (Å²) in [6.45, 7) is 7.78. The Balaban J connectivity index is 3.24. The molecule has 0 aliphatic rings. The smallest absolute Gasteiger partial charge is 0.121 e. The van der Waals surface area contributed by atoms with Crippen LogP contribution in [0.3, 0.4) is 0 Å². The van der Waals surface area contributed by atoms with E-state index < -0.39 is 0 Å². The second-order valence-corrected chi connectivity index (χ2v) is 5.65. The SMILES string of the molecule is Cc1cc(Br)c(CC(C)(C)N)c(C)c1O. The van der Waals surface area contributed by atoms with E-state index in [9.17, 15) is 5.11 Å². The van der Waals surface area contributed by atoms with Crippen molar-refractivity contribution < 1.29 is 5.11 Å². The zero-order valence-corrected chi connectivity index (χ0v) is 11.3. The molecule has 0 atom stereocenters. The topological polar surface area (TPSA) is 46.2 Å². The number of rotatable bonds is 2. The van der Waals surface area contributed by atoms with E-state index >= 15 is 0 Å². The van der Waals surface area contributed by atoms with Crippen molar-refractivity contribution in [3.63, 3.8) is 0 Å². The normalized spacial score (nSPS) is 11.9. The highest BCUT2D eigenvalue weighted by Gasteiger charge is 2.18. The molecule has 1 rings (SSSR count). The van der Waals surface area contributed by atoms with Crippen molar-refractivity contribution in [1.82, 2.24) is 0 Å². The molecule has 2 nitrogen and oxygen atoms in total. The van der Waals surface area contributed by atoms with Crippen molar-refractivity contribution >= 4 is 15.9 Å². The van der Waals surface area contributed by atoms with Crippen LogP contribution in [-0.2, 0) is 6.42 Å². The van der Waals surface area contributed by atoms with Gasteiger partial charge in [-0.2, -0.15) is 0 Å². The first-order valence-electron chi connectivity index (χ1n) is 4.99. The van der Waals surface area contributed by atoms with Gasteiger partial charge in [0.05, 0.1) is 0 Å². The minimum absolute atomic E-state index is 0.269. The largest absolute Gasteiger partial charge is 0.507 e. The van der Waals surface area contributed by atoms with Crippen molar-refractivity contribution in [3.8, 4) is 5.75 Å². The number of hydrogen-bond acceptors (Lipinski definition) is 2. The number of halogens is 1. The maximum atomic E-state index is 9.85. The molecule has 1 aromatic rings. The summed E-state index contributed by atoms with van der Waals surface area (Å²) in [5.41, 5.74) is 8.61. The fourth-order valence-electron chi connectivity index (χ4n) is 1.64. The van der Waals surface area contributed by atoms with Crippen LogP contribution in [0.4, 0.5) is 0 Å². The summed E-state index contributed by atoms with van der Waals surface area (Å²) in [6.07, 6.45) is 0.743. The fourth-order valence-corrected chi connectivity index (χ4v) is 2.42. The standard InChI is InChI=1S/C12H18BrNO/c1-7-5-10(13)9(6-12(3,4)14)8(2)11(7)15/h5,15H,6,14H2,1-4H3. The molecule has 0 saturated carbocycles. The van der Waals surface area contributed by atoms with E-state index in [1.54, 1.807) is 0 Å². The number of aryl methyl sites for hydroxylation is 1. The fraction of sp³-hybridized carbons (Fsp3) is 0.500. The van der Waals surface area contributed by atoms with Gasteiger partial charge >= 0.3 is 0 Å². The van der Waals surface area contributed by atoms with Crippen LogP contribution in [0.2, 0.25) is 0 Å². The van der Waals surface area contributed by atoms with Gasteiger partial charge in [-0.15, -0.1) is 0 Å². The summed E-state index contributed by atoms with van der Waals surface area (Å²) >= 11 is 3.52. The number of hydrogen-bond donors (Lipinski definition) is 2. The van der Waals surface area contributed by atoms with Crippen LogP contribution in [0.25, 0.3) is 0 Å². The molecule has 0 aliphatic heterocycles. The van der Waals surface area contributed by atoms with Crippen LogP contribution in [0, 0.1) is 13.8 Å². The highest BCUT2D eigenvalue weighted by atomic mass is 79.9. The summed E-state index contributed by atoms with van der Waals surface area (Å²) < 4.78 is 1.02. The average Bonchev–Trinajstić information content (AvgIpc) is 2.07. The molecule has 0 fully saturated rings. The molecule has 0 unspecified atom stereocenters. The summed E-state index contributed by atoms with van der Waals surface area (Å²) in [5.74, 6) is 0.373. The highest BCUT2D eigenvalue weighted by molar-refractivity contribution is 9.10. The Morgan fingerprint density at radius 1 is 1.40 bits per heavy atom. The zero-order valence-electron chi connectivity index (χ0n) is 9.69. The predicted octanol–water partition coefficient (Wildman–Crippen LogP) is 3.05. The predicted molar refractivity (Wildman–Crippen MR) is 67.3 cm³/mol. The van der Waals surface area contributed by atoms with Crippen LogP contribution in [0.5, 0.6) is 5.75 Å². The second-order valence-electron chi connectivity index (χ2n) is 4.79. The van der Waals surface area contributed by atoms with Crippen molar-refractivity contribution in [1.29, 1.82) is 0 Å². The molecule has 3 heteroatoms. The maximum absolute atomic E-state index is 9.85. The highest BCUT2D eigenvalue weighted by Crippen LogP contribution is 2.32. The lowest BCUT2D eigenvalue weighted by atomic mass is 9.92. The van der Waals surface area contributed by atoms with E-state index in [4.69, 9.17) is 5.73 Å². The van der Waals surface area contributed by atoms with Gasteiger partial charge in [-0.25, -0.2) is 0 Å². The quantitative estimate of drug-likeness (QED) is 0.869. The maximum Gasteiger partial charge on any atom is 0.121 e. The third-order valence-corrected chi connectivity index (χ3v) is 3.15. The molecule has 84 valence electrons. The molecule has 0 radical (unpaired) electrons. The van der Waals surface area contributed by atoms with E-state index in [-0.39, 0.29) is 5.54 Å². The lowest BCUT2D eigenvalue weighted by Gasteiger charge is -2.22. The third kappa shape index (κ3) is 2.95. The van der Waals surface area contributed by atoms with Crippen molar-refractivity contribution in [2.45, 2.75) is 39.7 Å². The van der Waals surface area contributed by atoms with E-state index in [2.05, 4.69) is 15.9 Å². The van der Waals surface area contributed by atoms with Gasteiger partial charge < -0.3 is 10.8 Å². The molecular weight excluding hydrogens is 254 g/mol. The minimum Gasteiger partial charge on any atom is -0.507 e. The van der Waals surface area contributed by atoms with Crippen molar-refractivity contribution in [3.05, 3.63) is 27.2 Å². The molecule has 3 N–H and O–H groups in total. The number of phenolic OH excluding ortho intramolecular Hbond substituents is 1. The Labute approximate surface area is 99.6 Å². The lowest BCUT2D eigenvalue weighted by Crippen LogP contribution is -2.34. The van der Waals surface area contributed by atoms with Crippen LogP contribution in [0.15, 0.2) is 10.5 Å². The van der Waals surface area contributed by atoms with Gasteiger partial charge in [-0.3, -0.25) is 0 Å². The first-order chi connectivity index (χ1) is 6.72. The average molecular weight is 272 g/mol. The molecule has 0 saturated heterocycles. The zero-order chi connectivity index (χ0) is 11.8. The Morgan fingerprint density at radius 3 is 2.40 bits per heavy atom. The van der Waals surface area contributed by atoms with E-state index in [0.717, 1.165) is 27.6 Å². The Bertz CT molecular complexity index is 380. The van der Waals surface area contributed by atoms with Gasteiger partial charge in [0, 0.05) is 10.0 Å². The minimum atomic E-state index is -0.269. The second kappa shape index (κ2) is 4.14. The number of nitrogens with two attached hydrogens (primary N) is 1. The summed E-state index contributed by atoms with van der Waals surface area (Å²) in [6, 6.07) is 1.93. The Kier molecular flexibility index (Phi) is 3.46. The Morgan fingerprint density at radius 2 is 1.93 bits per heavy atom. The molecule has 0 aliphatic carbocycles. The molecule has 0 spiro atoms. The number of phenols is 1. The van der Waals surface area contributed by atoms with Gasteiger partial charge in [-0.1, -0.05) is 15.9 Å². The van der Waals surface area contributed by atoms with Gasteiger partial charge in [0.15, 0.2) is 0 Å². The summed E-state index contributed by atoms with van der Waals surface area (Å²) in [5, 5.41) is 9.85. The van der Waals surface area contributed by atoms with Gasteiger partial charge in [-0.05, 0) is 56.9 Å². The van der Waals surface area contributed by atoms with E-state index in [1.165, 1.54) is 0 Å². The number of aromatic hydroxyl groups is 1.